The zero-order valence-electron chi connectivity index (χ0n) is 15.2. The first kappa shape index (κ1) is 24.9. The largest absolute Gasteiger partial charge is 0.444 e. The predicted octanol–water partition coefficient (Wildman–Crippen LogP) is 3.52. The van der Waals surface area contributed by atoms with Crippen LogP contribution in [0.3, 0.4) is 0 Å². The fourth-order valence-electron chi connectivity index (χ4n) is 1.30. The fraction of sp³-hybridized carbons (Fsp3) is 0.875. The Morgan fingerprint density at radius 2 is 1.67 bits per heavy atom. The molecule has 0 radical (unpaired) electrons. The molecule has 0 aliphatic heterocycles. The predicted molar refractivity (Wildman–Crippen MR) is 89.7 cm³/mol. The van der Waals surface area contributed by atoms with Crippen LogP contribution in [0.25, 0.3) is 0 Å². The Balaban J connectivity index is -0.000000739. The van der Waals surface area contributed by atoms with Crippen molar-refractivity contribution in [3.8, 4) is 0 Å². The third kappa shape index (κ3) is 21.4. The molecule has 0 bridgehead atoms. The van der Waals surface area contributed by atoms with Crippen molar-refractivity contribution in [3.05, 3.63) is 0 Å². The van der Waals surface area contributed by atoms with Crippen molar-refractivity contribution >= 4 is 12.4 Å². The van der Waals surface area contributed by atoms with E-state index in [9.17, 15) is 9.59 Å². The van der Waals surface area contributed by atoms with E-state index in [0.717, 1.165) is 25.7 Å². The van der Waals surface area contributed by atoms with Gasteiger partial charge in [-0.1, -0.05) is 27.7 Å². The molecule has 0 aliphatic carbocycles. The number of ether oxygens (including phenoxy) is 1. The monoisotopic (exact) mass is 304 g/mol. The Kier molecular flexibility index (Phi) is 20.1. The lowest BCUT2D eigenvalue weighted by Crippen LogP contribution is -2.40. The highest BCUT2D eigenvalue weighted by molar-refractivity contribution is 5.73. The quantitative estimate of drug-likeness (QED) is 0.558. The lowest BCUT2D eigenvalue weighted by atomic mass is 10.1. The molecule has 0 fully saturated rings. The second-order valence-electron chi connectivity index (χ2n) is 4.99. The Labute approximate surface area is 131 Å². The van der Waals surface area contributed by atoms with Gasteiger partial charge >= 0.3 is 6.09 Å². The van der Waals surface area contributed by atoms with E-state index >= 15 is 0 Å². The lowest BCUT2D eigenvalue weighted by Gasteiger charge is -2.21. The summed E-state index contributed by atoms with van der Waals surface area (Å²) in [6, 6.07) is -0.457. The number of hydrogen-bond donors (Lipinski definition) is 2. The van der Waals surface area contributed by atoms with Gasteiger partial charge in [-0.15, -0.1) is 0 Å². The van der Waals surface area contributed by atoms with Crippen LogP contribution >= 0.6 is 0 Å². The first-order valence-corrected chi connectivity index (χ1v) is 7.98. The molecule has 128 valence electrons. The molecule has 1 atom stereocenters. The van der Waals surface area contributed by atoms with Crippen LogP contribution in [-0.2, 0) is 9.53 Å². The normalized spacial score (nSPS) is 11.0. The third-order valence-corrected chi connectivity index (χ3v) is 2.06. The summed E-state index contributed by atoms with van der Waals surface area (Å²) in [5.41, 5.74) is -0.538. The maximum atomic E-state index is 11.4. The van der Waals surface area contributed by atoms with E-state index < -0.39 is 17.7 Å². The van der Waals surface area contributed by atoms with Crippen molar-refractivity contribution in [1.82, 2.24) is 10.6 Å². The molecule has 0 heterocycles. The minimum atomic E-state index is -0.539. The number of carbonyl (C=O) groups is 2. The van der Waals surface area contributed by atoms with Gasteiger partial charge in [0.05, 0.1) is 6.04 Å². The number of alkyl carbamates (subject to hydrolysis) is 1. The molecule has 5 heteroatoms. The summed E-state index contributed by atoms with van der Waals surface area (Å²) >= 11 is 0. The SMILES string of the molecule is CC.CC.CNCCCC[C@H](C=O)NC(=O)OC(C)(C)C. The van der Waals surface area contributed by atoms with Gasteiger partial charge in [0, 0.05) is 0 Å². The van der Waals surface area contributed by atoms with Gasteiger partial charge in [0.1, 0.15) is 11.9 Å². The minimum absolute atomic E-state index is 0.457. The fourth-order valence-corrected chi connectivity index (χ4v) is 1.30. The smallest absolute Gasteiger partial charge is 0.408 e. The molecule has 0 aromatic rings. The average Bonchev–Trinajstić information content (AvgIpc) is 2.44. The standard InChI is InChI=1S/C12H24N2O3.2C2H6/c1-12(2,3)17-11(16)14-10(9-15)7-5-6-8-13-4;2*1-2/h9-10,13H,5-8H2,1-4H3,(H,14,16);2*1-2H3/t10-;;/m1../s1. The second kappa shape index (κ2) is 17.0. The molecule has 0 saturated heterocycles. The number of unbranched alkanes of at least 4 members (excludes halogenated alkanes) is 1. The van der Waals surface area contributed by atoms with E-state index in [1.54, 1.807) is 20.8 Å². The molecule has 1 amide bonds. The van der Waals surface area contributed by atoms with E-state index in [4.69, 9.17) is 4.74 Å². The van der Waals surface area contributed by atoms with E-state index in [1.807, 2.05) is 34.7 Å². The van der Waals surface area contributed by atoms with E-state index in [1.165, 1.54) is 0 Å². The Hall–Kier alpha value is -1.10. The number of amides is 1. The highest BCUT2D eigenvalue weighted by Crippen LogP contribution is 2.07. The maximum absolute atomic E-state index is 11.4. The van der Waals surface area contributed by atoms with Crippen LogP contribution in [0.4, 0.5) is 4.79 Å². The van der Waals surface area contributed by atoms with Crippen LogP contribution in [0, 0.1) is 0 Å². The molecule has 0 rings (SSSR count). The molecule has 5 nitrogen and oxygen atoms in total. The molecular formula is C16H36N2O3. The van der Waals surface area contributed by atoms with Crippen molar-refractivity contribution in [2.45, 2.75) is 79.4 Å². The lowest BCUT2D eigenvalue weighted by molar-refractivity contribution is -0.109. The zero-order chi connectivity index (χ0) is 17.3. The van der Waals surface area contributed by atoms with Crippen LogP contribution in [-0.4, -0.2) is 37.6 Å². The summed E-state index contributed by atoms with van der Waals surface area (Å²) in [4.78, 5) is 22.2. The van der Waals surface area contributed by atoms with E-state index in [0.29, 0.717) is 6.42 Å². The molecule has 2 N–H and O–H groups in total. The summed E-state index contributed by atoms with van der Waals surface area (Å²) < 4.78 is 5.08. The van der Waals surface area contributed by atoms with Gasteiger partial charge in [-0.2, -0.15) is 0 Å². The molecule has 21 heavy (non-hydrogen) atoms. The van der Waals surface area contributed by atoms with E-state index in [-0.39, 0.29) is 0 Å². The third-order valence-electron chi connectivity index (χ3n) is 2.06. The van der Waals surface area contributed by atoms with Gasteiger partial charge in [-0.05, 0) is 53.6 Å². The summed E-state index contributed by atoms with van der Waals surface area (Å²) in [6.45, 7) is 14.3. The molecule has 0 aromatic heterocycles. The van der Waals surface area contributed by atoms with Crippen LogP contribution in [0.1, 0.15) is 67.7 Å². The average molecular weight is 304 g/mol. The Morgan fingerprint density at radius 1 is 1.14 bits per heavy atom. The molecule has 0 unspecified atom stereocenters. The second-order valence-corrected chi connectivity index (χ2v) is 4.99. The highest BCUT2D eigenvalue weighted by atomic mass is 16.6. The summed E-state index contributed by atoms with van der Waals surface area (Å²) in [7, 11) is 1.89. The van der Waals surface area contributed by atoms with Crippen LogP contribution in [0.15, 0.2) is 0 Å². The van der Waals surface area contributed by atoms with Gasteiger partial charge in [0.15, 0.2) is 0 Å². The first-order chi connectivity index (χ1) is 9.89. The van der Waals surface area contributed by atoms with Crippen molar-refractivity contribution in [1.29, 1.82) is 0 Å². The molecule has 0 saturated carbocycles. The topological polar surface area (TPSA) is 67.4 Å². The first-order valence-electron chi connectivity index (χ1n) is 7.98. The number of rotatable bonds is 7. The van der Waals surface area contributed by atoms with Crippen LogP contribution in [0.2, 0.25) is 0 Å². The maximum Gasteiger partial charge on any atom is 0.408 e. The van der Waals surface area contributed by atoms with Gasteiger partial charge in [0.2, 0.25) is 0 Å². The van der Waals surface area contributed by atoms with Gasteiger partial charge in [0.25, 0.3) is 0 Å². The number of aldehydes is 1. The van der Waals surface area contributed by atoms with Gasteiger partial charge < -0.3 is 20.2 Å². The molecular weight excluding hydrogens is 268 g/mol. The number of carbonyl (C=O) groups excluding carboxylic acids is 2. The minimum Gasteiger partial charge on any atom is -0.444 e. The Morgan fingerprint density at radius 3 is 2.05 bits per heavy atom. The van der Waals surface area contributed by atoms with Gasteiger partial charge in [-0.25, -0.2) is 4.79 Å². The van der Waals surface area contributed by atoms with Crippen LogP contribution < -0.4 is 10.6 Å². The number of hydrogen-bond acceptors (Lipinski definition) is 4. The highest BCUT2D eigenvalue weighted by Gasteiger charge is 2.18. The summed E-state index contributed by atoms with van der Waals surface area (Å²) in [6.07, 6.45) is 2.73. The molecule has 0 aliphatic rings. The summed E-state index contributed by atoms with van der Waals surface area (Å²) in [5.74, 6) is 0. The van der Waals surface area contributed by atoms with Gasteiger partial charge in [-0.3, -0.25) is 0 Å². The van der Waals surface area contributed by atoms with Crippen molar-refractivity contribution in [2.75, 3.05) is 13.6 Å². The molecule has 0 aromatic carbocycles. The summed E-state index contributed by atoms with van der Waals surface area (Å²) in [5, 5.41) is 5.58. The molecule has 0 spiro atoms. The van der Waals surface area contributed by atoms with E-state index in [2.05, 4.69) is 10.6 Å². The van der Waals surface area contributed by atoms with Crippen molar-refractivity contribution < 1.29 is 14.3 Å². The number of nitrogens with one attached hydrogen (secondary N) is 2. The Bertz CT molecular complexity index is 238. The van der Waals surface area contributed by atoms with Crippen LogP contribution in [0.5, 0.6) is 0 Å². The zero-order valence-corrected chi connectivity index (χ0v) is 15.2. The van der Waals surface area contributed by atoms with Crippen molar-refractivity contribution in [3.63, 3.8) is 0 Å². The van der Waals surface area contributed by atoms with Crippen molar-refractivity contribution in [2.24, 2.45) is 0 Å².